The molecule has 2 fully saturated rings. The van der Waals surface area contributed by atoms with E-state index in [1.54, 1.807) is 18.3 Å². The summed E-state index contributed by atoms with van der Waals surface area (Å²) in [7, 11) is 0. The fraction of sp³-hybridized carbons (Fsp3) is 0.368. The van der Waals surface area contributed by atoms with E-state index in [1.165, 1.54) is 12.1 Å². The van der Waals surface area contributed by atoms with Crippen molar-refractivity contribution in [1.82, 2.24) is 4.98 Å². The molecule has 1 amide bonds. The molecule has 0 unspecified atom stereocenters. The van der Waals surface area contributed by atoms with Crippen molar-refractivity contribution in [2.45, 2.75) is 12.3 Å². The van der Waals surface area contributed by atoms with E-state index in [9.17, 15) is 9.18 Å². The monoisotopic (exact) mass is 341 g/mol. The van der Waals surface area contributed by atoms with Crippen LogP contribution in [0.5, 0.6) is 0 Å². The number of rotatable bonds is 4. The number of nitrogens with zero attached hydrogens (tertiary/aromatic N) is 2. The molecule has 0 radical (unpaired) electrons. The van der Waals surface area contributed by atoms with E-state index < -0.39 is 0 Å². The van der Waals surface area contributed by atoms with E-state index in [0.717, 1.165) is 30.9 Å². The predicted molar refractivity (Wildman–Crippen MR) is 93.1 cm³/mol. The lowest BCUT2D eigenvalue weighted by molar-refractivity contribution is -0.117. The second kappa shape index (κ2) is 6.80. The van der Waals surface area contributed by atoms with E-state index in [0.29, 0.717) is 18.9 Å². The Hall–Kier alpha value is -2.47. The average molecular weight is 341 g/mol. The molecule has 1 aromatic carbocycles. The molecule has 0 spiro atoms. The fourth-order valence-corrected chi connectivity index (χ4v) is 3.24. The van der Waals surface area contributed by atoms with Crippen LogP contribution >= 0.6 is 0 Å². The lowest BCUT2D eigenvalue weighted by Gasteiger charge is -2.27. The van der Waals surface area contributed by atoms with Gasteiger partial charge in [-0.25, -0.2) is 9.37 Å². The molecule has 6 heteroatoms. The Morgan fingerprint density at radius 2 is 1.92 bits per heavy atom. The van der Waals surface area contributed by atoms with E-state index in [4.69, 9.17) is 4.74 Å². The van der Waals surface area contributed by atoms with E-state index in [-0.39, 0.29) is 23.6 Å². The second-order valence-electron chi connectivity index (χ2n) is 6.49. The van der Waals surface area contributed by atoms with Gasteiger partial charge in [-0.2, -0.15) is 0 Å². The minimum absolute atomic E-state index is 0.00440. The summed E-state index contributed by atoms with van der Waals surface area (Å²) in [5, 5.41) is 2.93. The number of anilines is 2. The number of aromatic nitrogens is 1. The van der Waals surface area contributed by atoms with Gasteiger partial charge in [0.2, 0.25) is 5.91 Å². The van der Waals surface area contributed by atoms with Gasteiger partial charge < -0.3 is 15.0 Å². The largest absolute Gasteiger partial charge is 0.378 e. The number of carbonyl (C=O) groups excluding carboxylic acids is 1. The molecule has 2 atom stereocenters. The van der Waals surface area contributed by atoms with Crippen molar-refractivity contribution in [2.75, 3.05) is 36.5 Å². The number of carbonyl (C=O) groups is 1. The summed E-state index contributed by atoms with van der Waals surface area (Å²) in [5.41, 5.74) is 1.72. The zero-order valence-electron chi connectivity index (χ0n) is 13.8. The van der Waals surface area contributed by atoms with Crippen molar-refractivity contribution in [3.63, 3.8) is 0 Å². The first kappa shape index (κ1) is 16.0. The van der Waals surface area contributed by atoms with Crippen LogP contribution in [-0.4, -0.2) is 37.2 Å². The lowest BCUT2D eigenvalue weighted by atomic mass is 10.1. The number of morpholine rings is 1. The van der Waals surface area contributed by atoms with Gasteiger partial charge in [-0.1, -0.05) is 12.1 Å². The summed E-state index contributed by atoms with van der Waals surface area (Å²) >= 11 is 0. The molecule has 1 N–H and O–H groups in total. The second-order valence-corrected chi connectivity index (χ2v) is 6.49. The smallest absolute Gasteiger partial charge is 0.228 e. The highest BCUT2D eigenvalue weighted by Gasteiger charge is 2.43. The van der Waals surface area contributed by atoms with E-state index in [1.807, 2.05) is 12.1 Å². The third kappa shape index (κ3) is 3.64. The topological polar surface area (TPSA) is 54.5 Å². The molecule has 5 nitrogen and oxygen atoms in total. The Bertz CT molecular complexity index is 742. The molecule has 2 aliphatic rings. The maximum Gasteiger partial charge on any atom is 0.228 e. The zero-order valence-corrected chi connectivity index (χ0v) is 13.8. The van der Waals surface area contributed by atoms with Crippen LogP contribution in [0.3, 0.4) is 0 Å². The van der Waals surface area contributed by atoms with Crippen LogP contribution in [-0.2, 0) is 9.53 Å². The third-order valence-corrected chi connectivity index (χ3v) is 4.78. The van der Waals surface area contributed by atoms with Gasteiger partial charge in [0.05, 0.1) is 25.1 Å². The Balaban J connectivity index is 1.34. The van der Waals surface area contributed by atoms with Gasteiger partial charge in [0.25, 0.3) is 0 Å². The zero-order chi connectivity index (χ0) is 17.2. The number of ether oxygens (including phenoxy) is 1. The first-order valence-electron chi connectivity index (χ1n) is 8.56. The van der Waals surface area contributed by atoms with Gasteiger partial charge in [-0.15, -0.1) is 0 Å². The number of hydrogen-bond acceptors (Lipinski definition) is 4. The highest BCUT2D eigenvalue weighted by atomic mass is 19.1. The van der Waals surface area contributed by atoms with Crippen LogP contribution in [0.25, 0.3) is 0 Å². The van der Waals surface area contributed by atoms with Gasteiger partial charge in [-0.05, 0) is 42.2 Å². The molecule has 1 aliphatic carbocycles. The molecule has 0 bridgehead atoms. The maximum absolute atomic E-state index is 13.0. The molecule has 2 heterocycles. The van der Waals surface area contributed by atoms with Crippen molar-refractivity contribution in [3.05, 3.63) is 54.0 Å². The molecule has 25 heavy (non-hydrogen) atoms. The number of nitrogens with one attached hydrogen (secondary N) is 1. The molecule has 1 aliphatic heterocycles. The summed E-state index contributed by atoms with van der Waals surface area (Å²) in [6.45, 7) is 3.10. The van der Waals surface area contributed by atoms with Crippen molar-refractivity contribution in [1.29, 1.82) is 0 Å². The summed E-state index contributed by atoms with van der Waals surface area (Å²) in [5.74, 6) is 0.773. The molecule has 1 saturated heterocycles. The highest BCUT2D eigenvalue weighted by Crippen LogP contribution is 2.47. The molecule has 1 saturated carbocycles. The quantitative estimate of drug-likeness (QED) is 0.929. The van der Waals surface area contributed by atoms with Gasteiger partial charge in [0, 0.05) is 19.0 Å². The number of pyridine rings is 1. The summed E-state index contributed by atoms with van der Waals surface area (Å²) in [4.78, 5) is 19.0. The van der Waals surface area contributed by atoms with Gasteiger partial charge in [0.1, 0.15) is 11.6 Å². The average Bonchev–Trinajstić information content (AvgIpc) is 3.45. The lowest BCUT2D eigenvalue weighted by Crippen LogP contribution is -2.36. The van der Waals surface area contributed by atoms with Crippen LogP contribution < -0.4 is 10.2 Å². The van der Waals surface area contributed by atoms with Crippen molar-refractivity contribution < 1.29 is 13.9 Å². The molecule has 130 valence electrons. The van der Waals surface area contributed by atoms with Crippen LogP contribution in [0, 0.1) is 11.7 Å². The van der Waals surface area contributed by atoms with Crippen LogP contribution in [0.15, 0.2) is 42.6 Å². The summed E-state index contributed by atoms with van der Waals surface area (Å²) in [6, 6.07) is 10.2. The molecule has 2 aromatic rings. The van der Waals surface area contributed by atoms with Crippen LogP contribution in [0.4, 0.5) is 15.9 Å². The van der Waals surface area contributed by atoms with Crippen LogP contribution in [0.2, 0.25) is 0 Å². The number of amides is 1. The minimum atomic E-state index is -0.253. The van der Waals surface area contributed by atoms with Gasteiger partial charge in [-0.3, -0.25) is 4.79 Å². The SMILES string of the molecule is O=C(Nc1ccc(N2CCOCC2)nc1)[C@H]1C[C@@H]1c1ccc(F)cc1. The van der Waals surface area contributed by atoms with Gasteiger partial charge >= 0.3 is 0 Å². The summed E-state index contributed by atoms with van der Waals surface area (Å²) < 4.78 is 18.3. The van der Waals surface area contributed by atoms with E-state index in [2.05, 4.69) is 15.2 Å². The number of benzene rings is 1. The first-order valence-corrected chi connectivity index (χ1v) is 8.56. The van der Waals surface area contributed by atoms with Crippen molar-refractivity contribution in [3.8, 4) is 0 Å². The van der Waals surface area contributed by atoms with Crippen molar-refractivity contribution >= 4 is 17.4 Å². The Kier molecular flexibility index (Phi) is 4.36. The Morgan fingerprint density at radius 1 is 1.16 bits per heavy atom. The number of hydrogen-bond donors (Lipinski definition) is 1. The fourth-order valence-electron chi connectivity index (χ4n) is 3.24. The van der Waals surface area contributed by atoms with Crippen molar-refractivity contribution in [2.24, 2.45) is 5.92 Å². The first-order chi connectivity index (χ1) is 12.2. The van der Waals surface area contributed by atoms with E-state index >= 15 is 0 Å². The number of halogens is 1. The molecule has 1 aromatic heterocycles. The third-order valence-electron chi connectivity index (χ3n) is 4.78. The highest BCUT2D eigenvalue weighted by molar-refractivity contribution is 5.95. The normalized spacial score (nSPS) is 22.5. The minimum Gasteiger partial charge on any atom is -0.378 e. The molecule has 4 rings (SSSR count). The maximum atomic E-state index is 13.0. The Labute approximate surface area is 145 Å². The standard InChI is InChI=1S/C19H20FN3O2/c20-14-3-1-13(2-4-14)16-11-17(16)19(24)22-15-5-6-18(21-12-15)23-7-9-25-10-8-23/h1-6,12,16-17H,7-11H2,(H,22,24)/t16-,17+/m1/s1. The van der Waals surface area contributed by atoms with Crippen LogP contribution in [0.1, 0.15) is 17.9 Å². The molecular formula is C19H20FN3O2. The Morgan fingerprint density at radius 3 is 2.60 bits per heavy atom. The summed E-state index contributed by atoms with van der Waals surface area (Å²) in [6.07, 6.45) is 2.49. The predicted octanol–water partition coefficient (Wildman–Crippen LogP) is 2.80. The molecular weight excluding hydrogens is 321 g/mol. The van der Waals surface area contributed by atoms with Gasteiger partial charge in [0.15, 0.2) is 0 Å².